The summed E-state index contributed by atoms with van der Waals surface area (Å²) in [5.74, 6) is 0.103. The summed E-state index contributed by atoms with van der Waals surface area (Å²) in [5.41, 5.74) is 0. The lowest BCUT2D eigenvalue weighted by molar-refractivity contribution is -0.149. The quantitative estimate of drug-likeness (QED) is 0.806. The maximum Gasteiger partial charge on any atom is 0.327 e. The van der Waals surface area contributed by atoms with Gasteiger partial charge in [-0.1, -0.05) is 13.3 Å². The van der Waals surface area contributed by atoms with Crippen LogP contribution >= 0.6 is 11.8 Å². The van der Waals surface area contributed by atoms with Crippen LogP contribution in [0.25, 0.3) is 0 Å². The van der Waals surface area contributed by atoms with Crippen LogP contribution in [-0.4, -0.2) is 52.1 Å². The molecule has 1 amide bonds. The van der Waals surface area contributed by atoms with Gasteiger partial charge < -0.3 is 15.3 Å². The molecule has 0 aromatic carbocycles. The van der Waals surface area contributed by atoms with Gasteiger partial charge in [-0.05, 0) is 38.3 Å². The number of hydrogen-bond donors (Lipinski definition) is 2. The molecule has 0 radical (unpaired) electrons. The monoisotopic (exact) mass is 300 g/mol. The molecule has 20 heavy (non-hydrogen) atoms. The van der Waals surface area contributed by atoms with E-state index in [0.29, 0.717) is 18.1 Å². The summed E-state index contributed by atoms with van der Waals surface area (Å²) in [6.45, 7) is 4.00. The second kappa shape index (κ2) is 7.31. The van der Waals surface area contributed by atoms with Crippen molar-refractivity contribution in [3.8, 4) is 0 Å². The molecule has 2 saturated heterocycles. The fourth-order valence-electron chi connectivity index (χ4n) is 3.00. The summed E-state index contributed by atoms with van der Waals surface area (Å²) >= 11 is 1.61. The van der Waals surface area contributed by atoms with Gasteiger partial charge >= 0.3 is 5.97 Å². The predicted molar refractivity (Wildman–Crippen MR) is 79.6 cm³/mol. The summed E-state index contributed by atoms with van der Waals surface area (Å²) in [6, 6.07) is -0.634. The molecule has 0 aromatic rings. The molecule has 0 aliphatic carbocycles. The van der Waals surface area contributed by atoms with Crippen molar-refractivity contribution in [2.75, 3.05) is 18.8 Å². The molecule has 2 heterocycles. The van der Waals surface area contributed by atoms with Crippen LogP contribution in [0.4, 0.5) is 0 Å². The van der Waals surface area contributed by atoms with Crippen molar-refractivity contribution >= 4 is 23.6 Å². The van der Waals surface area contributed by atoms with Crippen LogP contribution in [0.5, 0.6) is 0 Å². The number of nitrogens with one attached hydrogen (secondary N) is 1. The Morgan fingerprint density at radius 1 is 1.35 bits per heavy atom. The minimum absolute atomic E-state index is 0.0350. The second-order valence-corrected chi connectivity index (χ2v) is 6.84. The number of piperidine rings is 1. The minimum Gasteiger partial charge on any atom is -0.480 e. The number of hydrogen-bond acceptors (Lipinski definition) is 4. The maximum atomic E-state index is 12.5. The van der Waals surface area contributed by atoms with Gasteiger partial charge in [0.2, 0.25) is 5.91 Å². The van der Waals surface area contributed by atoms with Gasteiger partial charge in [0.05, 0.1) is 5.37 Å². The summed E-state index contributed by atoms with van der Waals surface area (Å²) in [5, 5.41) is 12.6. The fourth-order valence-corrected chi connectivity index (χ4v) is 4.53. The Morgan fingerprint density at radius 3 is 2.65 bits per heavy atom. The maximum absolute atomic E-state index is 12.5. The van der Waals surface area contributed by atoms with Crippen LogP contribution in [0.3, 0.4) is 0 Å². The number of carbonyl (C=O) groups is 2. The first kappa shape index (κ1) is 15.6. The zero-order chi connectivity index (χ0) is 14.5. The lowest BCUT2D eigenvalue weighted by Gasteiger charge is -2.30. The normalized spacial score (nSPS) is 27.8. The Morgan fingerprint density at radius 2 is 2.05 bits per heavy atom. The van der Waals surface area contributed by atoms with Crippen molar-refractivity contribution in [2.45, 2.75) is 50.4 Å². The zero-order valence-electron chi connectivity index (χ0n) is 12.0. The highest BCUT2D eigenvalue weighted by molar-refractivity contribution is 8.00. The van der Waals surface area contributed by atoms with Gasteiger partial charge in [0.25, 0.3) is 0 Å². The Kier molecular flexibility index (Phi) is 5.72. The van der Waals surface area contributed by atoms with Crippen LogP contribution < -0.4 is 5.32 Å². The average Bonchev–Trinajstić information content (AvgIpc) is 2.84. The Balaban J connectivity index is 2.00. The molecule has 2 atom stereocenters. The standard InChI is InChI=1S/C14H24N2O3S/c1-2-3-13-16(11(9-20-13)14(18)19)12(17)8-10-4-6-15-7-5-10/h10-11,13,15H,2-9H2,1H3,(H,18,19). The second-order valence-electron chi connectivity index (χ2n) is 5.63. The number of carbonyl (C=O) groups excluding carboxylic acids is 1. The molecule has 2 unspecified atom stereocenters. The van der Waals surface area contributed by atoms with E-state index in [1.54, 1.807) is 16.7 Å². The van der Waals surface area contributed by atoms with Gasteiger partial charge in [0.1, 0.15) is 6.04 Å². The molecule has 6 heteroatoms. The SMILES string of the molecule is CCCC1SCC(C(=O)O)N1C(=O)CC1CCNCC1. The van der Waals surface area contributed by atoms with Crippen LogP contribution in [0.2, 0.25) is 0 Å². The van der Waals surface area contributed by atoms with E-state index in [1.165, 1.54) is 0 Å². The van der Waals surface area contributed by atoms with Crippen molar-refractivity contribution in [3.63, 3.8) is 0 Å². The third-order valence-corrected chi connectivity index (χ3v) is 5.48. The molecule has 114 valence electrons. The van der Waals surface area contributed by atoms with Crippen LogP contribution in [0.1, 0.15) is 39.0 Å². The van der Waals surface area contributed by atoms with E-state index in [2.05, 4.69) is 12.2 Å². The van der Waals surface area contributed by atoms with Gasteiger partial charge in [-0.15, -0.1) is 11.8 Å². The number of thioether (sulfide) groups is 1. The van der Waals surface area contributed by atoms with Gasteiger partial charge in [-0.3, -0.25) is 4.79 Å². The van der Waals surface area contributed by atoms with Crippen LogP contribution in [-0.2, 0) is 9.59 Å². The van der Waals surface area contributed by atoms with Crippen molar-refractivity contribution in [1.82, 2.24) is 10.2 Å². The highest BCUT2D eigenvalue weighted by Crippen LogP contribution is 2.33. The number of aliphatic carboxylic acids is 1. The molecule has 2 aliphatic rings. The number of amides is 1. The molecule has 0 aromatic heterocycles. The Hall–Kier alpha value is -0.750. The molecule has 2 fully saturated rings. The summed E-state index contributed by atoms with van der Waals surface area (Å²) in [4.78, 5) is 25.5. The highest BCUT2D eigenvalue weighted by Gasteiger charge is 2.41. The number of nitrogens with zero attached hydrogens (tertiary/aromatic N) is 1. The molecule has 2 rings (SSSR count). The van der Waals surface area contributed by atoms with E-state index >= 15 is 0 Å². The van der Waals surface area contributed by atoms with E-state index in [1.807, 2.05) is 0 Å². The lowest BCUT2D eigenvalue weighted by atomic mass is 9.94. The van der Waals surface area contributed by atoms with Crippen molar-refractivity contribution in [2.24, 2.45) is 5.92 Å². The van der Waals surface area contributed by atoms with Crippen molar-refractivity contribution in [3.05, 3.63) is 0 Å². The van der Waals surface area contributed by atoms with E-state index < -0.39 is 12.0 Å². The fraction of sp³-hybridized carbons (Fsp3) is 0.857. The lowest BCUT2D eigenvalue weighted by Crippen LogP contribution is -2.46. The summed E-state index contributed by atoms with van der Waals surface area (Å²) in [6.07, 6.45) is 4.39. The third kappa shape index (κ3) is 3.67. The van der Waals surface area contributed by atoms with E-state index in [0.717, 1.165) is 38.8 Å². The zero-order valence-corrected chi connectivity index (χ0v) is 12.8. The van der Waals surface area contributed by atoms with Crippen molar-refractivity contribution in [1.29, 1.82) is 0 Å². The molecule has 0 spiro atoms. The van der Waals surface area contributed by atoms with Gasteiger partial charge in [-0.25, -0.2) is 4.79 Å². The molecule has 2 N–H and O–H groups in total. The Labute approximate surface area is 124 Å². The van der Waals surface area contributed by atoms with E-state index in [-0.39, 0.29) is 11.3 Å². The van der Waals surface area contributed by atoms with Gasteiger partial charge in [-0.2, -0.15) is 0 Å². The average molecular weight is 300 g/mol. The molecule has 0 bridgehead atoms. The first-order valence-corrected chi connectivity index (χ1v) is 8.54. The van der Waals surface area contributed by atoms with E-state index in [4.69, 9.17) is 0 Å². The first-order chi connectivity index (χ1) is 9.63. The Bertz CT molecular complexity index is 358. The van der Waals surface area contributed by atoms with Gasteiger partial charge in [0.15, 0.2) is 0 Å². The van der Waals surface area contributed by atoms with E-state index in [9.17, 15) is 14.7 Å². The summed E-state index contributed by atoms with van der Waals surface area (Å²) in [7, 11) is 0. The van der Waals surface area contributed by atoms with Crippen LogP contribution in [0, 0.1) is 5.92 Å². The van der Waals surface area contributed by atoms with Crippen LogP contribution in [0.15, 0.2) is 0 Å². The topological polar surface area (TPSA) is 69.6 Å². The van der Waals surface area contributed by atoms with Crippen molar-refractivity contribution < 1.29 is 14.7 Å². The molecule has 2 aliphatic heterocycles. The molecule has 0 saturated carbocycles. The third-order valence-electron chi connectivity index (χ3n) is 4.12. The summed E-state index contributed by atoms with van der Waals surface area (Å²) < 4.78 is 0. The highest BCUT2D eigenvalue weighted by atomic mass is 32.2. The van der Waals surface area contributed by atoms with Gasteiger partial charge in [0, 0.05) is 12.2 Å². The number of carboxylic acid groups (broad SMARTS) is 1. The minimum atomic E-state index is -0.866. The number of carboxylic acids is 1. The molecular formula is C14H24N2O3S. The largest absolute Gasteiger partial charge is 0.480 e. The molecule has 5 nitrogen and oxygen atoms in total. The predicted octanol–water partition coefficient (Wildman–Crippen LogP) is 1.53. The molecular weight excluding hydrogens is 276 g/mol. The number of rotatable bonds is 5. The smallest absolute Gasteiger partial charge is 0.327 e. The first-order valence-electron chi connectivity index (χ1n) is 7.49.